The van der Waals surface area contributed by atoms with Gasteiger partial charge in [-0.05, 0) is 56.2 Å². The third-order valence-electron chi connectivity index (χ3n) is 6.23. The highest BCUT2D eigenvalue weighted by atomic mass is 19.1. The average molecular weight is 469 g/mol. The largest absolute Gasteiger partial charge is 0.334 e. The summed E-state index contributed by atoms with van der Waals surface area (Å²) in [5.74, 6) is 0.323. The van der Waals surface area contributed by atoms with Crippen molar-refractivity contribution in [2.75, 3.05) is 0 Å². The summed E-state index contributed by atoms with van der Waals surface area (Å²) in [6, 6.07) is 21.3. The van der Waals surface area contributed by atoms with E-state index in [2.05, 4.69) is 15.5 Å². The summed E-state index contributed by atoms with van der Waals surface area (Å²) >= 11 is 0. The lowest BCUT2D eigenvalue weighted by Gasteiger charge is -2.35. The Labute approximate surface area is 203 Å². The van der Waals surface area contributed by atoms with Crippen LogP contribution >= 0.6 is 0 Å². The maximum atomic E-state index is 13.4. The number of allylic oxidation sites excluding steroid dienone is 1. The Balaban J connectivity index is 1.58. The Hall–Kier alpha value is -4.26. The molecule has 5 rings (SSSR count). The third kappa shape index (κ3) is 4.57. The van der Waals surface area contributed by atoms with Gasteiger partial charge in [-0.2, -0.15) is 4.98 Å². The Morgan fingerprint density at radius 1 is 0.914 bits per heavy atom. The van der Waals surface area contributed by atoms with Crippen LogP contribution in [0.25, 0.3) is 17.0 Å². The van der Waals surface area contributed by atoms with E-state index in [1.54, 1.807) is 17.0 Å². The van der Waals surface area contributed by atoms with Gasteiger partial charge in [0.15, 0.2) is 0 Å². The molecule has 0 spiro atoms. The molecule has 3 aromatic carbocycles. The van der Waals surface area contributed by atoms with Crippen LogP contribution in [0.5, 0.6) is 0 Å². The van der Waals surface area contributed by atoms with Crippen LogP contribution in [0.3, 0.4) is 0 Å². The highest BCUT2D eigenvalue weighted by Crippen LogP contribution is 2.38. The van der Waals surface area contributed by atoms with Gasteiger partial charge >= 0.3 is 6.03 Å². The predicted molar refractivity (Wildman–Crippen MR) is 131 cm³/mol. The van der Waals surface area contributed by atoms with E-state index >= 15 is 0 Å². The molecule has 35 heavy (non-hydrogen) atoms. The first kappa shape index (κ1) is 22.5. The fraction of sp³-hybridized carbons (Fsp3) is 0.179. The normalized spacial score (nSPS) is 15.9. The van der Waals surface area contributed by atoms with Crippen LogP contribution in [0.1, 0.15) is 41.1 Å². The molecule has 0 radical (unpaired) electrons. The van der Waals surface area contributed by atoms with Crippen LogP contribution in [-0.4, -0.2) is 21.1 Å². The molecule has 1 atom stereocenters. The number of nitrogens with one attached hydrogen (secondary N) is 1. The summed E-state index contributed by atoms with van der Waals surface area (Å²) in [5, 5.41) is 7.25. The zero-order valence-electron chi connectivity index (χ0n) is 19.7. The maximum Gasteiger partial charge on any atom is 0.322 e. The number of aromatic nitrogens is 2. The van der Waals surface area contributed by atoms with Crippen molar-refractivity contribution in [1.29, 1.82) is 0 Å². The first-order valence-electron chi connectivity index (χ1n) is 11.4. The van der Waals surface area contributed by atoms with E-state index in [-0.39, 0.29) is 11.8 Å². The van der Waals surface area contributed by atoms with E-state index < -0.39 is 6.04 Å². The SMILES string of the molecule is CC1=C(c2nc(-c3ccc(F)cc3)no2)C(c2ccc(C)cc2)NC(=O)N1Cc1ccc(C)cc1. The molecule has 7 heteroatoms. The number of nitrogens with zero attached hydrogens (tertiary/aromatic N) is 3. The lowest BCUT2D eigenvalue weighted by molar-refractivity contribution is 0.203. The number of hydrogen-bond donors (Lipinski definition) is 1. The second-order valence-corrected chi connectivity index (χ2v) is 8.79. The van der Waals surface area contributed by atoms with Crippen molar-refractivity contribution in [1.82, 2.24) is 20.4 Å². The smallest absolute Gasteiger partial charge is 0.322 e. The van der Waals surface area contributed by atoms with Gasteiger partial charge in [-0.3, -0.25) is 4.90 Å². The van der Waals surface area contributed by atoms with E-state index in [0.29, 0.717) is 23.8 Å². The summed E-state index contributed by atoms with van der Waals surface area (Å²) < 4.78 is 19.1. The number of benzene rings is 3. The van der Waals surface area contributed by atoms with Gasteiger partial charge in [-0.15, -0.1) is 0 Å². The first-order valence-corrected chi connectivity index (χ1v) is 11.4. The fourth-order valence-corrected chi connectivity index (χ4v) is 4.18. The Bertz CT molecular complexity index is 1390. The van der Waals surface area contributed by atoms with Gasteiger partial charge in [0.2, 0.25) is 5.82 Å². The molecule has 6 nitrogen and oxygen atoms in total. The van der Waals surface area contributed by atoms with Crippen molar-refractivity contribution in [3.63, 3.8) is 0 Å². The quantitative estimate of drug-likeness (QED) is 0.379. The predicted octanol–water partition coefficient (Wildman–Crippen LogP) is 6.19. The average Bonchev–Trinajstić information content (AvgIpc) is 3.33. The molecule has 2 heterocycles. The number of aryl methyl sites for hydroxylation is 2. The number of rotatable bonds is 5. The fourth-order valence-electron chi connectivity index (χ4n) is 4.18. The molecular formula is C28H25FN4O2. The molecule has 176 valence electrons. The van der Waals surface area contributed by atoms with Crippen molar-refractivity contribution in [3.05, 3.63) is 112 Å². The number of halogens is 1. The van der Waals surface area contributed by atoms with Gasteiger partial charge in [0.05, 0.1) is 18.2 Å². The van der Waals surface area contributed by atoms with Crippen molar-refractivity contribution >= 4 is 11.6 Å². The second kappa shape index (κ2) is 9.18. The molecule has 1 aliphatic rings. The van der Waals surface area contributed by atoms with E-state index in [0.717, 1.165) is 33.5 Å². The molecule has 2 amide bonds. The number of urea groups is 1. The molecule has 1 aliphatic heterocycles. The first-order chi connectivity index (χ1) is 16.9. The Kier molecular flexibility index (Phi) is 5.91. The van der Waals surface area contributed by atoms with Crippen LogP contribution in [0.4, 0.5) is 9.18 Å². The molecule has 0 saturated carbocycles. The number of carbonyl (C=O) groups is 1. The number of hydrogen-bond acceptors (Lipinski definition) is 4. The minimum absolute atomic E-state index is 0.198. The van der Waals surface area contributed by atoms with Gasteiger partial charge in [0, 0.05) is 11.3 Å². The number of carbonyl (C=O) groups excluding carboxylic acids is 1. The van der Waals surface area contributed by atoms with Crippen molar-refractivity contribution in [2.24, 2.45) is 0 Å². The number of amides is 2. The zero-order chi connectivity index (χ0) is 24.5. The van der Waals surface area contributed by atoms with E-state index in [4.69, 9.17) is 4.52 Å². The highest BCUT2D eigenvalue weighted by Gasteiger charge is 2.35. The molecule has 1 N–H and O–H groups in total. The zero-order valence-corrected chi connectivity index (χ0v) is 19.7. The van der Waals surface area contributed by atoms with Crippen LogP contribution in [-0.2, 0) is 6.54 Å². The van der Waals surface area contributed by atoms with E-state index in [9.17, 15) is 9.18 Å². The third-order valence-corrected chi connectivity index (χ3v) is 6.23. The van der Waals surface area contributed by atoms with Crippen LogP contribution < -0.4 is 5.32 Å². The molecular weight excluding hydrogens is 443 g/mol. The summed E-state index contributed by atoms with van der Waals surface area (Å²) in [6.07, 6.45) is 0. The van der Waals surface area contributed by atoms with Crippen LogP contribution in [0.2, 0.25) is 0 Å². The molecule has 0 saturated heterocycles. The topological polar surface area (TPSA) is 71.3 Å². The highest BCUT2D eigenvalue weighted by molar-refractivity contribution is 5.86. The van der Waals surface area contributed by atoms with Crippen molar-refractivity contribution in [3.8, 4) is 11.4 Å². The second-order valence-electron chi connectivity index (χ2n) is 8.79. The summed E-state index contributed by atoms with van der Waals surface area (Å²) in [7, 11) is 0. The van der Waals surface area contributed by atoms with Crippen molar-refractivity contribution < 1.29 is 13.7 Å². The molecule has 1 unspecified atom stereocenters. The summed E-state index contributed by atoms with van der Waals surface area (Å²) in [5.41, 5.74) is 6.29. The molecule has 1 aromatic heterocycles. The van der Waals surface area contributed by atoms with Crippen LogP contribution in [0.15, 0.2) is 83.0 Å². The van der Waals surface area contributed by atoms with Gasteiger partial charge in [-0.25, -0.2) is 9.18 Å². The monoisotopic (exact) mass is 468 g/mol. The van der Waals surface area contributed by atoms with Gasteiger partial charge in [-0.1, -0.05) is 64.8 Å². The molecule has 0 fully saturated rings. The van der Waals surface area contributed by atoms with E-state index in [1.807, 2.05) is 69.3 Å². The van der Waals surface area contributed by atoms with Crippen LogP contribution in [0, 0.1) is 19.7 Å². The lowest BCUT2D eigenvalue weighted by atomic mass is 9.94. The summed E-state index contributed by atoms with van der Waals surface area (Å²) in [6.45, 7) is 6.34. The minimum Gasteiger partial charge on any atom is -0.334 e. The molecule has 0 bridgehead atoms. The van der Waals surface area contributed by atoms with Crippen molar-refractivity contribution in [2.45, 2.75) is 33.4 Å². The summed E-state index contributed by atoms with van der Waals surface area (Å²) in [4.78, 5) is 19.5. The molecule has 4 aromatic rings. The maximum absolute atomic E-state index is 13.4. The molecule has 0 aliphatic carbocycles. The van der Waals surface area contributed by atoms with Gasteiger partial charge in [0.25, 0.3) is 5.89 Å². The van der Waals surface area contributed by atoms with E-state index in [1.165, 1.54) is 12.1 Å². The standard InChI is InChI=1S/C28H25FN4O2/c1-17-4-8-20(9-5-17)16-33-19(3)24(25(30-28(33)34)21-10-6-18(2)7-11-21)27-31-26(32-35-27)22-12-14-23(29)15-13-22/h4-15,25H,16H2,1-3H3,(H,30,34). The lowest BCUT2D eigenvalue weighted by Crippen LogP contribution is -2.45. The van der Waals surface area contributed by atoms with Gasteiger partial charge in [0.1, 0.15) is 5.82 Å². The minimum atomic E-state index is -0.459. The Morgan fingerprint density at radius 3 is 2.20 bits per heavy atom. The Morgan fingerprint density at radius 2 is 1.54 bits per heavy atom. The van der Waals surface area contributed by atoms with Gasteiger partial charge < -0.3 is 9.84 Å².